The molecule has 1 N–H and O–H groups in total. The highest BCUT2D eigenvalue weighted by molar-refractivity contribution is 5.76. The molecule has 2 heterocycles. The molecule has 1 unspecified atom stereocenters. The van der Waals surface area contributed by atoms with E-state index in [9.17, 15) is 9.90 Å². The molecular weight excluding hydrogens is 266 g/mol. The Kier molecular flexibility index (Phi) is 3.51. The minimum atomic E-state index is -0.788. The summed E-state index contributed by atoms with van der Waals surface area (Å²) >= 11 is 0. The molecule has 21 heavy (non-hydrogen) atoms. The van der Waals surface area contributed by atoms with Crippen molar-refractivity contribution in [3.63, 3.8) is 0 Å². The summed E-state index contributed by atoms with van der Waals surface area (Å²) in [5, 5.41) is 13.9. The molecular formula is C16H19N3O2. The second-order valence-electron chi connectivity index (χ2n) is 5.54. The van der Waals surface area contributed by atoms with Gasteiger partial charge in [-0.05, 0) is 24.5 Å². The van der Waals surface area contributed by atoms with Gasteiger partial charge in [0.1, 0.15) is 6.04 Å². The Morgan fingerprint density at radius 2 is 2.19 bits per heavy atom. The first-order valence-corrected chi connectivity index (χ1v) is 7.10. The van der Waals surface area contributed by atoms with Crippen LogP contribution < -0.4 is 0 Å². The molecule has 1 aromatic carbocycles. The molecule has 0 fully saturated rings. The summed E-state index contributed by atoms with van der Waals surface area (Å²) in [6.07, 6.45) is 2.72. The van der Waals surface area contributed by atoms with Crippen LogP contribution in [0.5, 0.6) is 0 Å². The topological polar surface area (TPSA) is 58.4 Å². The van der Waals surface area contributed by atoms with E-state index < -0.39 is 12.0 Å². The molecule has 5 heteroatoms. The van der Waals surface area contributed by atoms with Gasteiger partial charge in [0, 0.05) is 31.4 Å². The Balaban J connectivity index is 1.92. The van der Waals surface area contributed by atoms with Crippen molar-refractivity contribution in [3.8, 4) is 0 Å². The Hall–Kier alpha value is -2.14. The summed E-state index contributed by atoms with van der Waals surface area (Å²) in [6, 6.07) is 7.26. The molecule has 1 atom stereocenters. The zero-order valence-corrected chi connectivity index (χ0v) is 12.3. The van der Waals surface area contributed by atoms with Crippen LogP contribution in [0.3, 0.4) is 0 Å². The van der Waals surface area contributed by atoms with Crippen LogP contribution in [0, 0.1) is 6.92 Å². The molecule has 1 aliphatic rings. The SMILES string of the molecule is Cc1c(CN2CCc3ccccc3C2C(=O)O)cnn1C. The van der Waals surface area contributed by atoms with Crippen molar-refractivity contribution in [1.29, 1.82) is 0 Å². The van der Waals surface area contributed by atoms with Gasteiger partial charge in [-0.25, -0.2) is 0 Å². The van der Waals surface area contributed by atoms with Gasteiger partial charge in [0.2, 0.25) is 0 Å². The zero-order valence-electron chi connectivity index (χ0n) is 12.3. The van der Waals surface area contributed by atoms with E-state index in [1.807, 2.05) is 54.0 Å². The molecule has 0 spiro atoms. The maximum absolute atomic E-state index is 11.7. The third kappa shape index (κ3) is 2.45. The lowest BCUT2D eigenvalue weighted by atomic mass is 9.92. The van der Waals surface area contributed by atoms with Gasteiger partial charge in [0.15, 0.2) is 0 Å². The lowest BCUT2D eigenvalue weighted by Crippen LogP contribution is -2.39. The average molecular weight is 285 g/mol. The van der Waals surface area contributed by atoms with Crippen molar-refractivity contribution in [3.05, 3.63) is 52.8 Å². The van der Waals surface area contributed by atoms with Crippen LogP contribution in [0.2, 0.25) is 0 Å². The highest BCUT2D eigenvalue weighted by Gasteiger charge is 2.33. The van der Waals surface area contributed by atoms with E-state index in [0.29, 0.717) is 6.54 Å². The molecule has 0 aliphatic carbocycles. The maximum Gasteiger partial charge on any atom is 0.325 e. The molecule has 1 aliphatic heterocycles. The number of fused-ring (bicyclic) bond motifs is 1. The standard InChI is InChI=1S/C16H19N3O2/c1-11-13(9-17-18(11)2)10-19-8-7-12-5-3-4-6-14(12)15(19)16(20)21/h3-6,9,15H,7-8,10H2,1-2H3,(H,20,21). The lowest BCUT2D eigenvalue weighted by molar-refractivity contribution is -0.144. The maximum atomic E-state index is 11.7. The van der Waals surface area contributed by atoms with Gasteiger partial charge in [0.05, 0.1) is 6.20 Å². The molecule has 0 saturated carbocycles. The highest BCUT2D eigenvalue weighted by Crippen LogP contribution is 2.31. The van der Waals surface area contributed by atoms with Crippen molar-refractivity contribution in [2.24, 2.45) is 7.05 Å². The molecule has 0 radical (unpaired) electrons. The zero-order chi connectivity index (χ0) is 15.0. The number of benzene rings is 1. The van der Waals surface area contributed by atoms with Crippen LogP contribution in [-0.4, -0.2) is 32.3 Å². The van der Waals surface area contributed by atoms with E-state index in [1.165, 1.54) is 0 Å². The van der Waals surface area contributed by atoms with Crippen LogP contribution >= 0.6 is 0 Å². The predicted octanol–water partition coefficient (Wildman–Crippen LogP) is 1.91. The fourth-order valence-corrected chi connectivity index (χ4v) is 3.00. The Morgan fingerprint density at radius 3 is 2.86 bits per heavy atom. The molecule has 2 aromatic rings. The minimum Gasteiger partial charge on any atom is -0.480 e. The summed E-state index contributed by atoms with van der Waals surface area (Å²) in [5.41, 5.74) is 4.22. The van der Waals surface area contributed by atoms with Crippen molar-refractivity contribution in [2.75, 3.05) is 6.54 Å². The van der Waals surface area contributed by atoms with Crippen molar-refractivity contribution in [2.45, 2.75) is 25.9 Å². The number of carboxylic acid groups (broad SMARTS) is 1. The van der Waals surface area contributed by atoms with Crippen LogP contribution in [-0.2, 0) is 24.8 Å². The smallest absolute Gasteiger partial charge is 0.325 e. The van der Waals surface area contributed by atoms with Crippen LogP contribution in [0.25, 0.3) is 0 Å². The monoisotopic (exact) mass is 285 g/mol. The number of aryl methyl sites for hydroxylation is 1. The first kappa shape index (κ1) is 13.8. The highest BCUT2D eigenvalue weighted by atomic mass is 16.4. The Labute approximate surface area is 123 Å². The first-order chi connectivity index (χ1) is 10.1. The minimum absolute atomic E-state index is 0.574. The van der Waals surface area contributed by atoms with Gasteiger partial charge >= 0.3 is 5.97 Å². The van der Waals surface area contributed by atoms with Crippen molar-refractivity contribution in [1.82, 2.24) is 14.7 Å². The number of hydrogen-bond donors (Lipinski definition) is 1. The average Bonchev–Trinajstić information content (AvgIpc) is 2.78. The summed E-state index contributed by atoms with van der Waals surface area (Å²) in [6.45, 7) is 3.38. The van der Waals surface area contributed by atoms with E-state index >= 15 is 0 Å². The molecule has 5 nitrogen and oxygen atoms in total. The van der Waals surface area contributed by atoms with Crippen molar-refractivity contribution < 1.29 is 9.90 Å². The van der Waals surface area contributed by atoms with E-state index in [0.717, 1.165) is 35.3 Å². The lowest BCUT2D eigenvalue weighted by Gasteiger charge is -2.34. The third-order valence-electron chi connectivity index (χ3n) is 4.33. The second kappa shape index (κ2) is 5.33. The number of aliphatic carboxylic acids is 1. The number of aromatic nitrogens is 2. The van der Waals surface area contributed by atoms with Crippen molar-refractivity contribution >= 4 is 5.97 Å². The number of carbonyl (C=O) groups is 1. The molecule has 3 rings (SSSR count). The summed E-state index contributed by atoms with van der Waals surface area (Å²) < 4.78 is 1.82. The van der Waals surface area contributed by atoms with Crippen LogP contribution in [0.1, 0.15) is 28.4 Å². The molecule has 1 aromatic heterocycles. The van der Waals surface area contributed by atoms with Crippen LogP contribution in [0.15, 0.2) is 30.5 Å². The quantitative estimate of drug-likeness (QED) is 0.936. The van der Waals surface area contributed by atoms with Gasteiger partial charge in [-0.3, -0.25) is 14.4 Å². The van der Waals surface area contributed by atoms with Gasteiger partial charge in [0.25, 0.3) is 0 Å². The number of carboxylic acids is 1. The predicted molar refractivity (Wildman–Crippen MR) is 78.9 cm³/mol. The van der Waals surface area contributed by atoms with Gasteiger partial charge in [-0.2, -0.15) is 5.10 Å². The van der Waals surface area contributed by atoms with E-state index in [-0.39, 0.29) is 0 Å². The first-order valence-electron chi connectivity index (χ1n) is 7.10. The number of nitrogens with zero attached hydrogens (tertiary/aromatic N) is 3. The fraction of sp³-hybridized carbons (Fsp3) is 0.375. The van der Waals surface area contributed by atoms with E-state index in [1.54, 1.807) is 0 Å². The number of rotatable bonds is 3. The Morgan fingerprint density at radius 1 is 1.43 bits per heavy atom. The Bertz CT molecular complexity index is 678. The summed E-state index contributed by atoms with van der Waals surface area (Å²) in [7, 11) is 1.90. The molecule has 0 saturated heterocycles. The molecule has 0 bridgehead atoms. The van der Waals surface area contributed by atoms with Gasteiger partial charge in [-0.15, -0.1) is 0 Å². The largest absolute Gasteiger partial charge is 0.480 e. The van der Waals surface area contributed by atoms with Crippen LogP contribution in [0.4, 0.5) is 0 Å². The normalized spacial score (nSPS) is 18.5. The third-order valence-corrected chi connectivity index (χ3v) is 4.33. The second-order valence-corrected chi connectivity index (χ2v) is 5.54. The molecule has 0 amide bonds. The molecule has 110 valence electrons. The van der Waals surface area contributed by atoms with Gasteiger partial charge in [-0.1, -0.05) is 24.3 Å². The van der Waals surface area contributed by atoms with Gasteiger partial charge < -0.3 is 5.11 Å². The van der Waals surface area contributed by atoms with E-state index in [4.69, 9.17) is 0 Å². The summed E-state index contributed by atoms with van der Waals surface area (Å²) in [4.78, 5) is 13.8. The summed E-state index contributed by atoms with van der Waals surface area (Å²) in [5.74, 6) is -0.788. The fourth-order valence-electron chi connectivity index (χ4n) is 3.00. The van der Waals surface area contributed by atoms with E-state index in [2.05, 4.69) is 5.10 Å². The number of hydrogen-bond acceptors (Lipinski definition) is 3.